The van der Waals surface area contributed by atoms with Gasteiger partial charge >= 0.3 is 0 Å². The topological polar surface area (TPSA) is 20.2 Å². The van der Waals surface area contributed by atoms with Crippen molar-refractivity contribution in [3.63, 3.8) is 0 Å². The van der Waals surface area contributed by atoms with E-state index in [9.17, 15) is 5.11 Å². The average molecular weight is 347 g/mol. The molecule has 0 aromatic heterocycles. The van der Waals surface area contributed by atoms with Gasteiger partial charge in [-0.3, -0.25) is 0 Å². The Bertz CT molecular complexity index is 1040. The maximum absolute atomic E-state index is 12.1. The first-order chi connectivity index (χ1) is 13.3. The van der Waals surface area contributed by atoms with Crippen LogP contribution in [0.4, 0.5) is 0 Å². The maximum atomic E-state index is 12.1. The van der Waals surface area contributed by atoms with Crippen molar-refractivity contribution in [2.24, 2.45) is 0 Å². The molecule has 1 N–H and O–H groups in total. The summed E-state index contributed by atoms with van der Waals surface area (Å²) in [4.78, 5) is 0. The third-order valence-corrected chi connectivity index (χ3v) is 5.43. The molecule has 0 heterocycles. The van der Waals surface area contributed by atoms with Crippen molar-refractivity contribution in [2.45, 2.75) is 5.60 Å². The lowest BCUT2D eigenvalue weighted by atomic mass is 9.66. The van der Waals surface area contributed by atoms with Crippen molar-refractivity contribution in [3.8, 4) is 0 Å². The fraction of sp³-hybridized carbons (Fsp3) is 0.0385. The van der Waals surface area contributed by atoms with Crippen LogP contribution in [0.3, 0.4) is 0 Å². The molecule has 0 bridgehead atoms. The minimum Gasteiger partial charge on any atom is -0.367 e. The van der Waals surface area contributed by atoms with Crippen LogP contribution in [-0.4, -0.2) is 5.11 Å². The van der Waals surface area contributed by atoms with E-state index >= 15 is 0 Å². The Kier molecular flexibility index (Phi) is 3.63. The predicted molar refractivity (Wildman–Crippen MR) is 108 cm³/mol. The molecule has 1 heteroatoms. The van der Waals surface area contributed by atoms with Crippen molar-refractivity contribution in [2.75, 3.05) is 0 Å². The first-order valence-corrected chi connectivity index (χ1v) is 9.20. The quantitative estimate of drug-likeness (QED) is 0.488. The van der Waals surface area contributed by atoms with Gasteiger partial charge in [0.1, 0.15) is 0 Å². The Hall–Kier alpha value is -3.29. The van der Waals surface area contributed by atoms with Crippen molar-refractivity contribution in [1.82, 2.24) is 0 Å². The molecule has 0 spiro atoms. The Morgan fingerprint density at radius 3 is 1.52 bits per heavy atom. The fourth-order valence-corrected chi connectivity index (χ4v) is 4.23. The summed E-state index contributed by atoms with van der Waals surface area (Å²) < 4.78 is 0. The summed E-state index contributed by atoms with van der Waals surface area (Å²) in [5.41, 5.74) is 4.88. The highest BCUT2D eigenvalue weighted by Gasteiger charge is 2.48. The standard InChI is InChI=1S/C26H19O/c27-26(20-13-5-2-6-14-20)23-17-9-7-15-21(23)25(19-11-3-1-4-12-19)22-16-8-10-18-24(22)26/h1-18,27H/q+1. The van der Waals surface area contributed by atoms with Crippen LogP contribution in [0, 0.1) is 5.92 Å². The molecule has 5 rings (SSSR count). The van der Waals surface area contributed by atoms with Crippen molar-refractivity contribution in [1.29, 1.82) is 0 Å². The molecule has 4 aromatic rings. The Balaban J connectivity index is 1.86. The first kappa shape index (κ1) is 15.9. The molecule has 0 amide bonds. The van der Waals surface area contributed by atoms with E-state index in [2.05, 4.69) is 36.4 Å². The lowest BCUT2D eigenvalue weighted by Gasteiger charge is -2.36. The Morgan fingerprint density at radius 1 is 0.519 bits per heavy atom. The average Bonchev–Trinajstić information content (AvgIpc) is 2.75. The van der Waals surface area contributed by atoms with Crippen LogP contribution in [0.15, 0.2) is 109 Å². The summed E-state index contributed by atoms with van der Waals surface area (Å²) in [6.45, 7) is 0. The molecule has 1 aliphatic carbocycles. The molecular weight excluding hydrogens is 328 g/mol. The molecular formula is C26H19O+. The van der Waals surface area contributed by atoms with Crippen molar-refractivity contribution in [3.05, 3.63) is 148 Å². The number of benzene rings is 4. The van der Waals surface area contributed by atoms with E-state index in [1.807, 2.05) is 72.8 Å². The highest BCUT2D eigenvalue weighted by molar-refractivity contribution is 5.70. The fourth-order valence-electron chi connectivity index (χ4n) is 4.23. The summed E-state index contributed by atoms with van der Waals surface area (Å²) in [5.74, 6) is 1.17. The van der Waals surface area contributed by atoms with Crippen LogP contribution in [0.1, 0.15) is 33.4 Å². The highest BCUT2D eigenvalue weighted by Crippen LogP contribution is 2.50. The van der Waals surface area contributed by atoms with Gasteiger partial charge in [0.05, 0.1) is 33.7 Å². The van der Waals surface area contributed by atoms with Gasteiger partial charge in [-0.1, -0.05) is 48.5 Å². The summed E-state index contributed by atoms with van der Waals surface area (Å²) in [7, 11) is 0. The summed E-state index contributed by atoms with van der Waals surface area (Å²) in [6.07, 6.45) is 0. The van der Waals surface area contributed by atoms with E-state index in [1.165, 1.54) is 5.92 Å². The second-order valence-electron chi connectivity index (χ2n) is 6.91. The van der Waals surface area contributed by atoms with Gasteiger partial charge in [0.25, 0.3) is 0 Å². The molecule has 0 saturated carbocycles. The van der Waals surface area contributed by atoms with E-state index in [0.717, 1.165) is 33.4 Å². The molecule has 0 atom stereocenters. The van der Waals surface area contributed by atoms with E-state index < -0.39 is 5.60 Å². The second kappa shape index (κ2) is 6.15. The molecule has 128 valence electrons. The van der Waals surface area contributed by atoms with Gasteiger partial charge in [-0.25, -0.2) is 0 Å². The van der Waals surface area contributed by atoms with E-state index in [1.54, 1.807) is 0 Å². The summed E-state index contributed by atoms with van der Waals surface area (Å²) in [6, 6.07) is 36.8. The van der Waals surface area contributed by atoms with Gasteiger partial charge in [0.2, 0.25) is 0 Å². The summed E-state index contributed by atoms with van der Waals surface area (Å²) >= 11 is 0. The monoisotopic (exact) mass is 347 g/mol. The Labute approximate surface area is 159 Å². The van der Waals surface area contributed by atoms with Gasteiger partial charge in [-0.15, -0.1) is 0 Å². The molecule has 0 saturated heterocycles. The minimum atomic E-state index is -1.17. The van der Waals surface area contributed by atoms with Crippen LogP contribution >= 0.6 is 0 Å². The van der Waals surface area contributed by atoms with Crippen LogP contribution in [0.25, 0.3) is 0 Å². The van der Waals surface area contributed by atoms with Crippen LogP contribution in [0.5, 0.6) is 0 Å². The molecule has 0 radical (unpaired) electrons. The molecule has 1 nitrogen and oxygen atoms in total. The lowest BCUT2D eigenvalue weighted by molar-refractivity contribution is 0.122. The molecule has 27 heavy (non-hydrogen) atoms. The number of fused-ring (bicyclic) bond motifs is 2. The van der Waals surface area contributed by atoms with Crippen LogP contribution in [-0.2, 0) is 5.60 Å². The van der Waals surface area contributed by atoms with Gasteiger partial charge in [0.15, 0.2) is 5.60 Å². The number of hydrogen-bond acceptors (Lipinski definition) is 1. The zero-order valence-corrected chi connectivity index (χ0v) is 14.8. The van der Waals surface area contributed by atoms with E-state index in [-0.39, 0.29) is 0 Å². The largest absolute Gasteiger partial charge is 0.367 e. The normalized spacial score (nSPS) is 14.3. The van der Waals surface area contributed by atoms with Gasteiger partial charge in [-0.2, -0.15) is 0 Å². The van der Waals surface area contributed by atoms with Crippen molar-refractivity contribution >= 4 is 0 Å². The zero-order chi connectivity index (χ0) is 18.3. The Morgan fingerprint density at radius 2 is 0.963 bits per heavy atom. The van der Waals surface area contributed by atoms with Gasteiger partial charge in [0, 0.05) is 5.56 Å². The molecule has 0 aliphatic heterocycles. The smallest absolute Gasteiger partial charge is 0.180 e. The van der Waals surface area contributed by atoms with Crippen LogP contribution < -0.4 is 0 Å². The minimum absolute atomic E-state index is 0.886. The lowest BCUT2D eigenvalue weighted by Crippen LogP contribution is -2.36. The third-order valence-electron chi connectivity index (χ3n) is 5.43. The zero-order valence-electron chi connectivity index (χ0n) is 14.8. The molecule has 0 fully saturated rings. The molecule has 4 aromatic carbocycles. The van der Waals surface area contributed by atoms with E-state index in [4.69, 9.17) is 0 Å². The first-order valence-electron chi connectivity index (χ1n) is 9.20. The van der Waals surface area contributed by atoms with Gasteiger partial charge < -0.3 is 5.11 Å². The SMILES string of the molecule is OC1(c2ccccc2)c2ccccc2[C+](c2ccccc2)c2ccccc21. The number of hydrogen-bond donors (Lipinski definition) is 1. The van der Waals surface area contributed by atoms with Crippen LogP contribution in [0.2, 0.25) is 0 Å². The number of aliphatic hydroxyl groups is 1. The highest BCUT2D eigenvalue weighted by atomic mass is 16.3. The second-order valence-corrected chi connectivity index (χ2v) is 6.91. The van der Waals surface area contributed by atoms with Gasteiger partial charge in [-0.05, 0) is 60.7 Å². The number of rotatable bonds is 2. The van der Waals surface area contributed by atoms with Crippen molar-refractivity contribution < 1.29 is 5.11 Å². The van der Waals surface area contributed by atoms with E-state index in [0.29, 0.717) is 0 Å². The predicted octanol–water partition coefficient (Wildman–Crippen LogP) is 5.30. The maximum Gasteiger partial charge on any atom is 0.180 e. The summed E-state index contributed by atoms with van der Waals surface area (Å²) in [5, 5.41) is 12.1. The molecule has 0 unspecified atom stereocenters. The third kappa shape index (κ3) is 2.33. The molecule has 1 aliphatic rings.